The van der Waals surface area contributed by atoms with Crippen LogP contribution in [-0.2, 0) is 16.0 Å². The highest BCUT2D eigenvalue weighted by molar-refractivity contribution is 6.01. The predicted molar refractivity (Wildman–Crippen MR) is 73.3 cm³/mol. The zero-order valence-electron chi connectivity index (χ0n) is 11.4. The lowest BCUT2D eigenvalue weighted by Gasteiger charge is -2.27. The highest BCUT2D eigenvalue weighted by atomic mass is 19.1. The minimum absolute atomic E-state index is 0.0874. The molecule has 1 heterocycles. The Morgan fingerprint density at radius 2 is 2.25 bits per heavy atom. The van der Waals surface area contributed by atoms with Crippen molar-refractivity contribution < 1.29 is 18.7 Å². The molecule has 1 aromatic rings. The summed E-state index contributed by atoms with van der Waals surface area (Å²) < 4.78 is 24.6. The molecule has 4 heteroatoms. The molecule has 1 saturated heterocycles. The van der Waals surface area contributed by atoms with Gasteiger partial charge in [0.2, 0.25) is 6.29 Å². The van der Waals surface area contributed by atoms with Crippen LogP contribution in [0, 0.1) is 0 Å². The van der Waals surface area contributed by atoms with E-state index in [9.17, 15) is 9.18 Å². The van der Waals surface area contributed by atoms with Gasteiger partial charge in [0.1, 0.15) is 5.75 Å². The molecule has 0 radical (unpaired) electrons. The number of fused-ring (bicyclic) bond motifs is 1. The molecule has 1 aliphatic carbocycles. The van der Waals surface area contributed by atoms with E-state index in [2.05, 4.69) is 0 Å². The number of benzene rings is 1. The van der Waals surface area contributed by atoms with Crippen molar-refractivity contribution in [3.05, 3.63) is 35.4 Å². The third kappa shape index (κ3) is 2.61. The van der Waals surface area contributed by atoms with Crippen molar-refractivity contribution in [3.8, 4) is 5.75 Å². The average Bonchev–Trinajstić information content (AvgIpc) is 2.41. The Kier molecular flexibility index (Phi) is 3.57. The molecule has 20 heavy (non-hydrogen) atoms. The van der Waals surface area contributed by atoms with Gasteiger partial charge in [0, 0.05) is 6.42 Å². The first kappa shape index (κ1) is 13.3. The number of carbonyl (C=O) groups is 1. The molecular weight excluding hydrogens is 259 g/mol. The molecule has 1 aromatic carbocycles. The molecule has 2 unspecified atom stereocenters. The summed E-state index contributed by atoms with van der Waals surface area (Å²) in [6.07, 6.45) is 1.29. The molecule has 0 spiro atoms. The second-order valence-electron chi connectivity index (χ2n) is 5.30. The maximum absolute atomic E-state index is 13.7. The Hall–Kier alpha value is -1.68. The smallest absolute Gasteiger partial charge is 0.231 e. The molecule has 0 bridgehead atoms. The summed E-state index contributed by atoms with van der Waals surface area (Å²) >= 11 is 0. The van der Waals surface area contributed by atoms with Crippen LogP contribution >= 0.6 is 0 Å². The standard InChI is InChI=1S/C16H17FO3/c1-10-7-12(18)8-11-9-13(4-5-14(10)11)20-16-15(17)3-2-6-19-16/h4-5,7,9,15-16H,2-3,6,8H2,1H3. The highest BCUT2D eigenvalue weighted by Gasteiger charge is 2.27. The lowest BCUT2D eigenvalue weighted by molar-refractivity contribution is -0.147. The minimum Gasteiger partial charge on any atom is -0.462 e. The molecular formula is C16H17FO3. The Bertz CT molecular complexity index is 565. The van der Waals surface area contributed by atoms with Crippen molar-refractivity contribution in [2.24, 2.45) is 0 Å². The molecule has 0 saturated carbocycles. The van der Waals surface area contributed by atoms with Crippen LogP contribution in [0.3, 0.4) is 0 Å². The Labute approximate surface area is 117 Å². The van der Waals surface area contributed by atoms with Gasteiger partial charge in [-0.15, -0.1) is 0 Å². The molecule has 3 rings (SSSR count). The van der Waals surface area contributed by atoms with Gasteiger partial charge in [-0.25, -0.2) is 4.39 Å². The summed E-state index contributed by atoms with van der Waals surface area (Å²) in [5, 5.41) is 0. The number of hydrogen-bond acceptors (Lipinski definition) is 3. The zero-order chi connectivity index (χ0) is 14.1. The first-order valence-corrected chi connectivity index (χ1v) is 6.90. The quantitative estimate of drug-likeness (QED) is 0.832. The van der Waals surface area contributed by atoms with Crippen LogP contribution in [0.25, 0.3) is 5.57 Å². The Balaban J connectivity index is 1.81. The van der Waals surface area contributed by atoms with Crippen LogP contribution in [0.5, 0.6) is 5.75 Å². The van der Waals surface area contributed by atoms with Crippen molar-refractivity contribution in [2.75, 3.05) is 6.61 Å². The van der Waals surface area contributed by atoms with Crippen LogP contribution in [0.2, 0.25) is 0 Å². The summed E-state index contributed by atoms with van der Waals surface area (Å²) in [7, 11) is 0. The summed E-state index contributed by atoms with van der Waals surface area (Å²) in [5.41, 5.74) is 2.94. The molecule has 3 nitrogen and oxygen atoms in total. The molecule has 0 aromatic heterocycles. The van der Waals surface area contributed by atoms with E-state index in [1.54, 1.807) is 12.1 Å². The molecule has 0 amide bonds. The van der Waals surface area contributed by atoms with E-state index in [1.807, 2.05) is 19.1 Å². The fraction of sp³-hybridized carbons (Fsp3) is 0.438. The molecule has 1 fully saturated rings. The monoisotopic (exact) mass is 276 g/mol. The van der Waals surface area contributed by atoms with Crippen LogP contribution in [0.15, 0.2) is 24.3 Å². The first-order chi connectivity index (χ1) is 9.63. The third-order valence-electron chi connectivity index (χ3n) is 3.70. The summed E-state index contributed by atoms with van der Waals surface area (Å²) in [6.45, 7) is 2.44. The number of alkyl halides is 1. The number of ether oxygens (including phenoxy) is 2. The first-order valence-electron chi connectivity index (χ1n) is 6.90. The van der Waals surface area contributed by atoms with Gasteiger partial charge in [0.25, 0.3) is 0 Å². The summed E-state index contributed by atoms with van der Waals surface area (Å²) in [4.78, 5) is 11.6. The highest BCUT2D eigenvalue weighted by Crippen LogP contribution is 2.29. The Morgan fingerprint density at radius 1 is 1.40 bits per heavy atom. The van der Waals surface area contributed by atoms with Gasteiger partial charge in [-0.1, -0.05) is 6.07 Å². The number of allylic oxidation sites excluding steroid dienone is 2. The lowest BCUT2D eigenvalue weighted by Crippen LogP contribution is -2.35. The van der Waals surface area contributed by atoms with Gasteiger partial charge >= 0.3 is 0 Å². The van der Waals surface area contributed by atoms with Gasteiger partial charge < -0.3 is 9.47 Å². The number of ketones is 1. The van der Waals surface area contributed by atoms with Crippen molar-refractivity contribution in [1.82, 2.24) is 0 Å². The van der Waals surface area contributed by atoms with E-state index in [-0.39, 0.29) is 5.78 Å². The predicted octanol–water partition coefficient (Wildman–Crippen LogP) is 3.07. The summed E-state index contributed by atoms with van der Waals surface area (Å²) in [5.74, 6) is 0.644. The third-order valence-corrected chi connectivity index (χ3v) is 3.70. The molecule has 106 valence electrons. The second kappa shape index (κ2) is 5.37. The van der Waals surface area contributed by atoms with Gasteiger partial charge in [-0.3, -0.25) is 4.79 Å². The number of hydrogen-bond donors (Lipinski definition) is 0. The number of halogens is 1. The van der Waals surface area contributed by atoms with Crippen LogP contribution in [0.4, 0.5) is 4.39 Å². The van der Waals surface area contributed by atoms with Crippen LogP contribution < -0.4 is 4.74 Å². The van der Waals surface area contributed by atoms with E-state index in [0.717, 1.165) is 23.1 Å². The zero-order valence-corrected chi connectivity index (χ0v) is 11.4. The summed E-state index contributed by atoms with van der Waals surface area (Å²) in [6, 6.07) is 5.53. The second-order valence-corrected chi connectivity index (χ2v) is 5.30. The van der Waals surface area contributed by atoms with E-state index >= 15 is 0 Å². The molecule has 2 atom stereocenters. The van der Waals surface area contributed by atoms with Crippen molar-refractivity contribution in [3.63, 3.8) is 0 Å². The van der Waals surface area contributed by atoms with Crippen LogP contribution in [-0.4, -0.2) is 24.9 Å². The average molecular weight is 276 g/mol. The van der Waals surface area contributed by atoms with E-state index in [0.29, 0.717) is 25.2 Å². The van der Waals surface area contributed by atoms with Crippen molar-refractivity contribution in [1.29, 1.82) is 0 Å². The van der Waals surface area contributed by atoms with Crippen molar-refractivity contribution in [2.45, 2.75) is 38.6 Å². The fourth-order valence-electron chi connectivity index (χ4n) is 2.69. The molecule has 2 aliphatic rings. The topological polar surface area (TPSA) is 35.5 Å². The number of rotatable bonds is 2. The lowest BCUT2D eigenvalue weighted by atomic mass is 9.91. The fourth-order valence-corrected chi connectivity index (χ4v) is 2.69. The van der Waals surface area contributed by atoms with Gasteiger partial charge in [-0.05, 0) is 54.7 Å². The largest absolute Gasteiger partial charge is 0.462 e. The Morgan fingerprint density at radius 3 is 3.05 bits per heavy atom. The maximum atomic E-state index is 13.7. The van der Waals surface area contributed by atoms with Gasteiger partial charge in [0.05, 0.1) is 6.61 Å². The van der Waals surface area contributed by atoms with E-state index < -0.39 is 12.5 Å². The van der Waals surface area contributed by atoms with Gasteiger partial charge in [-0.2, -0.15) is 0 Å². The van der Waals surface area contributed by atoms with Crippen molar-refractivity contribution >= 4 is 11.4 Å². The SMILES string of the molecule is CC1=CC(=O)Cc2cc(OC3OCCCC3F)ccc21. The normalized spacial score (nSPS) is 25.9. The van der Waals surface area contributed by atoms with Crippen LogP contribution in [0.1, 0.15) is 30.9 Å². The van der Waals surface area contributed by atoms with E-state index in [4.69, 9.17) is 9.47 Å². The molecule has 1 aliphatic heterocycles. The molecule has 0 N–H and O–H groups in total. The minimum atomic E-state index is -1.09. The number of carbonyl (C=O) groups excluding carboxylic acids is 1. The maximum Gasteiger partial charge on any atom is 0.231 e. The van der Waals surface area contributed by atoms with E-state index in [1.165, 1.54) is 0 Å². The van der Waals surface area contributed by atoms with Gasteiger partial charge in [0.15, 0.2) is 12.0 Å².